The zero-order valence-corrected chi connectivity index (χ0v) is 12.5. The van der Waals surface area contributed by atoms with Gasteiger partial charge in [-0.3, -0.25) is 4.79 Å². The van der Waals surface area contributed by atoms with Crippen molar-refractivity contribution in [2.75, 3.05) is 20.7 Å². The minimum Gasteiger partial charge on any atom is -0.452 e. The summed E-state index contributed by atoms with van der Waals surface area (Å²) < 4.78 is 4.98. The molecule has 0 aliphatic heterocycles. The van der Waals surface area contributed by atoms with E-state index in [1.165, 1.54) is 4.90 Å². The maximum Gasteiger partial charge on any atom is 0.338 e. The summed E-state index contributed by atoms with van der Waals surface area (Å²) in [7, 11) is 3.21. The molecule has 0 saturated carbocycles. The number of hydrogen-bond donors (Lipinski definition) is 0. The van der Waals surface area contributed by atoms with E-state index < -0.39 is 5.97 Å². The van der Waals surface area contributed by atoms with Crippen molar-refractivity contribution in [2.45, 2.75) is 13.8 Å². The molecule has 2 rings (SSSR count). The summed E-state index contributed by atoms with van der Waals surface area (Å²) in [5.41, 5.74) is 3.38. The molecule has 0 bridgehead atoms. The highest BCUT2D eigenvalue weighted by molar-refractivity contribution is 5.94. The van der Waals surface area contributed by atoms with Gasteiger partial charge in [0.25, 0.3) is 5.91 Å². The van der Waals surface area contributed by atoms with E-state index in [9.17, 15) is 9.59 Å². The van der Waals surface area contributed by atoms with E-state index in [2.05, 4.69) is 9.97 Å². The Morgan fingerprint density at radius 3 is 2.33 bits per heavy atom. The van der Waals surface area contributed by atoms with Crippen molar-refractivity contribution in [1.29, 1.82) is 0 Å². The second-order valence-electron chi connectivity index (χ2n) is 4.96. The first-order valence-electron chi connectivity index (χ1n) is 6.51. The second-order valence-corrected chi connectivity index (χ2v) is 4.96. The van der Waals surface area contributed by atoms with Crippen molar-refractivity contribution in [2.24, 2.45) is 0 Å². The quantitative estimate of drug-likeness (QED) is 0.800. The number of rotatable bonds is 3. The monoisotopic (exact) mass is 287 g/mol. The SMILES string of the molecule is Cc1nc2ccc(C(=O)OCC(=O)N(C)C)cc2nc1C. The van der Waals surface area contributed by atoms with Crippen LogP contribution in [0.4, 0.5) is 0 Å². The van der Waals surface area contributed by atoms with Gasteiger partial charge in [0, 0.05) is 14.1 Å². The van der Waals surface area contributed by atoms with E-state index in [4.69, 9.17) is 4.74 Å². The van der Waals surface area contributed by atoms with Crippen LogP contribution >= 0.6 is 0 Å². The number of benzene rings is 1. The summed E-state index contributed by atoms with van der Waals surface area (Å²) >= 11 is 0. The number of likely N-dealkylation sites (N-methyl/N-ethyl adjacent to an activating group) is 1. The van der Waals surface area contributed by atoms with Crippen molar-refractivity contribution in [3.63, 3.8) is 0 Å². The van der Waals surface area contributed by atoms with Gasteiger partial charge in [-0.15, -0.1) is 0 Å². The molecule has 0 unspecified atom stereocenters. The molecule has 2 aromatic rings. The van der Waals surface area contributed by atoms with Crippen LogP contribution in [-0.4, -0.2) is 47.4 Å². The highest BCUT2D eigenvalue weighted by Crippen LogP contribution is 2.15. The Morgan fingerprint density at radius 2 is 1.71 bits per heavy atom. The fourth-order valence-electron chi connectivity index (χ4n) is 1.70. The van der Waals surface area contributed by atoms with Crippen LogP contribution in [0.5, 0.6) is 0 Å². The molecule has 1 aromatic heterocycles. The lowest BCUT2D eigenvalue weighted by atomic mass is 10.2. The molecule has 110 valence electrons. The Morgan fingerprint density at radius 1 is 1.10 bits per heavy atom. The van der Waals surface area contributed by atoms with Crippen LogP contribution in [0.25, 0.3) is 11.0 Å². The van der Waals surface area contributed by atoms with Gasteiger partial charge in [0.2, 0.25) is 0 Å². The van der Waals surface area contributed by atoms with Gasteiger partial charge in [0.05, 0.1) is 28.0 Å². The number of amides is 1. The molecule has 0 fully saturated rings. The summed E-state index contributed by atoms with van der Waals surface area (Å²) in [6.45, 7) is 3.47. The minimum atomic E-state index is -0.549. The van der Waals surface area contributed by atoms with Gasteiger partial charge in [-0.1, -0.05) is 0 Å². The molecular weight excluding hydrogens is 270 g/mol. The average Bonchev–Trinajstić information content (AvgIpc) is 2.45. The number of esters is 1. The van der Waals surface area contributed by atoms with Gasteiger partial charge in [0.1, 0.15) is 0 Å². The Labute approximate surface area is 122 Å². The molecule has 0 aliphatic carbocycles. The fourth-order valence-corrected chi connectivity index (χ4v) is 1.70. The molecule has 21 heavy (non-hydrogen) atoms. The van der Waals surface area contributed by atoms with Gasteiger partial charge in [-0.2, -0.15) is 0 Å². The summed E-state index contributed by atoms with van der Waals surface area (Å²) in [6.07, 6.45) is 0. The molecular formula is C15H17N3O3. The third-order valence-corrected chi connectivity index (χ3v) is 3.14. The van der Waals surface area contributed by atoms with Gasteiger partial charge in [0.15, 0.2) is 6.61 Å². The van der Waals surface area contributed by atoms with Crippen LogP contribution in [0.2, 0.25) is 0 Å². The number of nitrogens with zero attached hydrogens (tertiary/aromatic N) is 3. The van der Waals surface area contributed by atoms with Crippen LogP contribution < -0.4 is 0 Å². The summed E-state index contributed by atoms with van der Waals surface area (Å²) in [5, 5.41) is 0. The molecule has 0 N–H and O–H groups in total. The lowest BCUT2D eigenvalue weighted by Gasteiger charge is -2.10. The molecule has 0 atom stereocenters. The summed E-state index contributed by atoms with van der Waals surface area (Å²) in [4.78, 5) is 33.5. The molecule has 6 nitrogen and oxygen atoms in total. The highest BCUT2D eigenvalue weighted by atomic mass is 16.5. The third-order valence-electron chi connectivity index (χ3n) is 3.14. The van der Waals surface area contributed by atoms with Crippen LogP contribution in [-0.2, 0) is 9.53 Å². The van der Waals surface area contributed by atoms with E-state index in [0.29, 0.717) is 11.1 Å². The molecule has 1 aromatic carbocycles. The topological polar surface area (TPSA) is 72.4 Å². The normalized spacial score (nSPS) is 10.5. The Balaban J connectivity index is 2.20. The first kappa shape index (κ1) is 14.9. The van der Waals surface area contributed by atoms with Crippen molar-refractivity contribution >= 4 is 22.9 Å². The van der Waals surface area contributed by atoms with Gasteiger partial charge >= 0.3 is 5.97 Å². The number of carbonyl (C=O) groups excluding carboxylic acids is 2. The van der Waals surface area contributed by atoms with Gasteiger partial charge < -0.3 is 9.64 Å². The number of ether oxygens (including phenoxy) is 1. The smallest absolute Gasteiger partial charge is 0.338 e. The maximum atomic E-state index is 11.9. The molecule has 0 radical (unpaired) electrons. The molecule has 0 aliphatic rings. The standard InChI is InChI=1S/C15H17N3O3/c1-9-10(2)17-13-7-11(5-6-12(13)16-9)15(20)21-8-14(19)18(3)4/h5-7H,8H2,1-4H3. The van der Waals surface area contributed by atoms with Crippen LogP contribution in [0.3, 0.4) is 0 Å². The van der Waals surface area contributed by atoms with Crippen molar-refractivity contribution in [3.05, 3.63) is 35.2 Å². The van der Waals surface area contributed by atoms with Gasteiger partial charge in [-0.25, -0.2) is 14.8 Å². The predicted octanol–water partition coefficient (Wildman–Crippen LogP) is 1.49. The first-order chi connectivity index (χ1) is 9.88. The number of carbonyl (C=O) groups is 2. The van der Waals surface area contributed by atoms with Crippen LogP contribution in [0.1, 0.15) is 21.7 Å². The summed E-state index contributed by atoms with van der Waals surface area (Å²) in [6, 6.07) is 4.96. The lowest BCUT2D eigenvalue weighted by Crippen LogP contribution is -2.27. The molecule has 1 amide bonds. The zero-order chi connectivity index (χ0) is 15.6. The zero-order valence-electron chi connectivity index (χ0n) is 12.5. The Hall–Kier alpha value is -2.50. The Bertz CT molecular complexity index is 711. The van der Waals surface area contributed by atoms with E-state index in [1.54, 1.807) is 32.3 Å². The molecule has 6 heteroatoms. The van der Waals surface area contributed by atoms with E-state index in [1.807, 2.05) is 13.8 Å². The number of hydrogen-bond acceptors (Lipinski definition) is 5. The van der Waals surface area contributed by atoms with Crippen molar-refractivity contribution in [3.8, 4) is 0 Å². The number of aromatic nitrogens is 2. The largest absolute Gasteiger partial charge is 0.452 e. The third kappa shape index (κ3) is 3.34. The van der Waals surface area contributed by atoms with Crippen molar-refractivity contribution < 1.29 is 14.3 Å². The highest BCUT2D eigenvalue weighted by Gasteiger charge is 2.12. The van der Waals surface area contributed by atoms with Gasteiger partial charge in [-0.05, 0) is 32.0 Å². The first-order valence-corrected chi connectivity index (χ1v) is 6.51. The number of aryl methyl sites for hydroxylation is 2. The maximum absolute atomic E-state index is 11.9. The Kier molecular flexibility index (Phi) is 4.16. The van der Waals surface area contributed by atoms with Crippen LogP contribution in [0.15, 0.2) is 18.2 Å². The van der Waals surface area contributed by atoms with Crippen molar-refractivity contribution in [1.82, 2.24) is 14.9 Å². The van der Waals surface area contributed by atoms with E-state index in [-0.39, 0.29) is 12.5 Å². The summed E-state index contributed by atoms with van der Waals surface area (Å²) in [5.74, 6) is -0.817. The second kappa shape index (κ2) is 5.87. The fraction of sp³-hybridized carbons (Fsp3) is 0.333. The van der Waals surface area contributed by atoms with Crippen LogP contribution in [0, 0.1) is 13.8 Å². The predicted molar refractivity (Wildman–Crippen MR) is 78.0 cm³/mol. The number of fused-ring (bicyclic) bond motifs is 1. The molecule has 1 heterocycles. The lowest BCUT2D eigenvalue weighted by molar-refractivity contribution is -0.131. The van der Waals surface area contributed by atoms with E-state index >= 15 is 0 Å². The average molecular weight is 287 g/mol. The molecule has 0 saturated heterocycles. The molecule has 0 spiro atoms. The van der Waals surface area contributed by atoms with E-state index in [0.717, 1.165) is 16.9 Å². The minimum absolute atomic E-state index is 0.268.